The Labute approximate surface area is 125 Å². The van der Waals surface area contributed by atoms with Gasteiger partial charge in [-0.1, -0.05) is 0 Å². The molecule has 0 aromatic carbocycles. The molecule has 0 amide bonds. The fourth-order valence-electron chi connectivity index (χ4n) is 3.53. The first-order chi connectivity index (χ1) is 9.65. The average Bonchev–Trinajstić information content (AvgIpc) is 2.83. The number of aryl methyl sites for hydroxylation is 1. The van der Waals surface area contributed by atoms with Crippen molar-refractivity contribution in [1.82, 2.24) is 14.8 Å². The highest BCUT2D eigenvalue weighted by Crippen LogP contribution is 2.31. The lowest BCUT2D eigenvalue weighted by molar-refractivity contribution is -0.107. The molecule has 0 spiro atoms. The number of fused-ring (bicyclic) bond motifs is 1. The molecule has 112 valence electrons. The van der Waals surface area contributed by atoms with E-state index < -0.39 is 0 Å². The zero-order chi connectivity index (χ0) is 14.1. The molecule has 2 aliphatic heterocycles. The zero-order valence-electron chi connectivity index (χ0n) is 12.7. The van der Waals surface area contributed by atoms with Crippen molar-refractivity contribution in [2.75, 3.05) is 33.8 Å². The van der Waals surface area contributed by atoms with Gasteiger partial charge >= 0.3 is 0 Å². The highest BCUT2D eigenvalue weighted by molar-refractivity contribution is 7.09. The Balaban J connectivity index is 1.72. The van der Waals surface area contributed by atoms with Crippen LogP contribution < -0.4 is 0 Å². The van der Waals surface area contributed by atoms with E-state index in [4.69, 9.17) is 4.74 Å². The summed E-state index contributed by atoms with van der Waals surface area (Å²) in [7, 11) is 4.36. The van der Waals surface area contributed by atoms with Crippen LogP contribution in [0.2, 0.25) is 0 Å². The Morgan fingerprint density at radius 3 is 3.00 bits per heavy atom. The second kappa shape index (κ2) is 6.10. The molecule has 3 rings (SSSR count). The normalized spacial score (nSPS) is 31.5. The second-order valence-electron chi connectivity index (χ2n) is 6.32. The molecule has 0 N–H and O–H groups in total. The number of hydrogen-bond donors (Lipinski definition) is 0. The minimum Gasteiger partial charge on any atom is -0.376 e. The van der Waals surface area contributed by atoms with Crippen molar-refractivity contribution in [3.05, 3.63) is 16.1 Å². The van der Waals surface area contributed by atoms with Crippen LogP contribution >= 0.6 is 11.3 Å². The van der Waals surface area contributed by atoms with Crippen LogP contribution in [0, 0.1) is 12.8 Å². The Morgan fingerprint density at radius 1 is 1.45 bits per heavy atom. The van der Waals surface area contributed by atoms with Gasteiger partial charge in [0, 0.05) is 37.2 Å². The Kier molecular flexibility index (Phi) is 4.40. The van der Waals surface area contributed by atoms with E-state index in [-0.39, 0.29) is 0 Å². The van der Waals surface area contributed by atoms with Gasteiger partial charge in [-0.05, 0) is 39.8 Å². The third-order valence-corrected chi connectivity index (χ3v) is 5.61. The van der Waals surface area contributed by atoms with Crippen molar-refractivity contribution in [2.45, 2.75) is 38.5 Å². The Hall–Kier alpha value is -0.490. The third-order valence-electron chi connectivity index (χ3n) is 4.69. The Bertz CT molecular complexity index is 448. The van der Waals surface area contributed by atoms with Gasteiger partial charge < -0.3 is 9.64 Å². The minimum atomic E-state index is 0.428. The second-order valence-corrected chi connectivity index (χ2v) is 7.26. The molecule has 20 heavy (non-hydrogen) atoms. The molecule has 2 fully saturated rings. The molecule has 0 aliphatic carbocycles. The van der Waals surface area contributed by atoms with Crippen LogP contribution in [0.5, 0.6) is 0 Å². The van der Waals surface area contributed by atoms with Crippen LogP contribution in [0.1, 0.15) is 23.4 Å². The quantitative estimate of drug-likeness (QED) is 0.853. The molecular weight excluding hydrogens is 270 g/mol. The topological polar surface area (TPSA) is 28.6 Å². The van der Waals surface area contributed by atoms with Crippen molar-refractivity contribution >= 4 is 11.3 Å². The van der Waals surface area contributed by atoms with Crippen LogP contribution in [-0.4, -0.2) is 60.7 Å². The van der Waals surface area contributed by atoms with Crippen LogP contribution in [0.3, 0.4) is 0 Å². The molecule has 3 heterocycles. The molecule has 0 saturated carbocycles. The average molecular weight is 295 g/mol. The van der Waals surface area contributed by atoms with Crippen LogP contribution in [0.25, 0.3) is 0 Å². The van der Waals surface area contributed by atoms with Gasteiger partial charge in [0.25, 0.3) is 0 Å². The molecule has 0 unspecified atom stereocenters. The van der Waals surface area contributed by atoms with Gasteiger partial charge in [0.15, 0.2) is 0 Å². The fourth-order valence-corrected chi connectivity index (χ4v) is 4.35. The summed E-state index contributed by atoms with van der Waals surface area (Å²) in [5.74, 6) is 0.693. The maximum absolute atomic E-state index is 6.08. The van der Waals surface area contributed by atoms with Gasteiger partial charge in [-0.15, -0.1) is 11.3 Å². The molecule has 1 aromatic rings. The van der Waals surface area contributed by atoms with Crippen molar-refractivity contribution < 1.29 is 4.74 Å². The van der Waals surface area contributed by atoms with E-state index in [1.807, 2.05) is 5.51 Å². The molecule has 1 aromatic heterocycles. The summed E-state index contributed by atoms with van der Waals surface area (Å²) in [6, 6.07) is 0.516. The first-order valence-electron chi connectivity index (χ1n) is 7.54. The highest BCUT2D eigenvalue weighted by Gasteiger charge is 2.40. The summed E-state index contributed by atoms with van der Waals surface area (Å²) in [4.78, 5) is 10.7. The molecule has 0 bridgehead atoms. The first-order valence-corrected chi connectivity index (χ1v) is 8.42. The fraction of sp³-hybridized carbons (Fsp3) is 0.800. The van der Waals surface area contributed by atoms with E-state index >= 15 is 0 Å². The number of nitrogens with zero attached hydrogens (tertiary/aromatic N) is 3. The number of likely N-dealkylation sites (tertiary alicyclic amines) is 1. The molecule has 3 atom stereocenters. The summed E-state index contributed by atoms with van der Waals surface area (Å²) in [5, 5.41) is 0. The number of ether oxygens (including phenoxy) is 1. The van der Waals surface area contributed by atoms with Crippen LogP contribution in [0.15, 0.2) is 5.51 Å². The number of rotatable bonds is 3. The van der Waals surface area contributed by atoms with E-state index in [1.165, 1.54) is 30.0 Å². The van der Waals surface area contributed by atoms with Gasteiger partial charge in [-0.3, -0.25) is 4.90 Å². The summed E-state index contributed by atoms with van der Waals surface area (Å²) in [5.41, 5.74) is 3.16. The predicted octanol–water partition coefficient (Wildman–Crippen LogP) is 1.99. The van der Waals surface area contributed by atoms with E-state index in [0.29, 0.717) is 18.1 Å². The van der Waals surface area contributed by atoms with Gasteiger partial charge in [0.05, 0.1) is 17.3 Å². The zero-order valence-corrected chi connectivity index (χ0v) is 13.5. The largest absolute Gasteiger partial charge is 0.376 e. The lowest BCUT2D eigenvalue weighted by Crippen LogP contribution is -2.59. The smallest absolute Gasteiger partial charge is 0.0798 e. The third kappa shape index (κ3) is 2.91. The molecular formula is C15H25N3OS. The van der Waals surface area contributed by atoms with Gasteiger partial charge in [0.1, 0.15) is 0 Å². The SMILES string of the molecule is Cc1ncsc1CN1C[C@H]2CCCO[C@H]2[C@@H](N(C)C)C1. The number of thiazole rings is 1. The van der Waals surface area contributed by atoms with E-state index in [2.05, 4.69) is 35.8 Å². The van der Waals surface area contributed by atoms with E-state index in [9.17, 15) is 0 Å². The van der Waals surface area contributed by atoms with E-state index in [1.54, 1.807) is 11.3 Å². The molecule has 2 aliphatic rings. The number of likely N-dealkylation sites (N-methyl/N-ethyl adjacent to an activating group) is 1. The highest BCUT2D eigenvalue weighted by atomic mass is 32.1. The number of hydrogen-bond acceptors (Lipinski definition) is 5. The standard InChI is InChI=1S/C15H25N3OS/c1-11-14(20-10-16-11)9-18-7-12-5-4-6-19-15(12)13(8-18)17(2)3/h10,12-13,15H,4-9H2,1-3H3/t12-,13+,15-/m1/s1. The summed E-state index contributed by atoms with van der Waals surface area (Å²) >= 11 is 1.78. The molecule has 2 saturated heterocycles. The summed E-state index contributed by atoms with van der Waals surface area (Å²) in [6.45, 7) is 6.38. The Morgan fingerprint density at radius 2 is 2.30 bits per heavy atom. The van der Waals surface area contributed by atoms with Crippen LogP contribution in [0.4, 0.5) is 0 Å². The van der Waals surface area contributed by atoms with Crippen LogP contribution in [-0.2, 0) is 11.3 Å². The monoisotopic (exact) mass is 295 g/mol. The molecule has 4 nitrogen and oxygen atoms in total. The lowest BCUT2D eigenvalue weighted by atomic mass is 9.85. The minimum absolute atomic E-state index is 0.428. The van der Waals surface area contributed by atoms with Crippen molar-refractivity contribution in [3.8, 4) is 0 Å². The van der Waals surface area contributed by atoms with Gasteiger partial charge in [-0.2, -0.15) is 0 Å². The number of aromatic nitrogens is 1. The van der Waals surface area contributed by atoms with Crippen molar-refractivity contribution in [1.29, 1.82) is 0 Å². The summed E-state index contributed by atoms with van der Waals surface area (Å²) < 4.78 is 6.08. The lowest BCUT2D eigenvalue weighted by Gasteiger charge is -2.48. The van der Waals surface area contributed by atoms with Crippen molar-refractivity contribution in [3.63, 3.8) is 0 Å². The maximum atomic E-state index is 6.08. The molecule has 0 radical (unpaired) electrons. The summed E-state index contributed by atoms with van der Waals surface area (Å²) in [6.07, 6.45) is 2.96. The van der Waals surface area contributed by atoms with E-state index in [0.717, 1.165) is 19.7 Å². The maximum Gasteiger partial charge on any atom is 0.0798 e. The van der Waals surface area contributed by atoms with Gasteiger partial charge in [0.2, 0.25) is 0 Å². The molecule has 5 heteroatoms. The number of piperidine rings is 1. The van der Waals surface area contributed by atoms with Crippen molar-refractivity contribution in [2.24, 2.45) is 5.92 Å². The first kappa shape index (κ1) is 14.4. The van der Waals surface area contributed by atoms with Gasteiger partial charge in [-0.25, -0.2) is 4.98 Å². The predicted molar refractivity (Wildman–Crippen MR) is 82.1 cm³/mol.